The van der Waals surface area contributed by atoms with Crippen LogP contribution < -0.4 is 5.32 Å². The molecule has 0 aliphatic carbocycles. The van der Waals surface area contributed by atoms with Crippen LogP contribution in [0.15, 0.2) is 31.0 Å². The summed E-state index contributed by atoms with van der Waals surface area (Å²) in [4.78, 5) is 19.2. The van der Waals surface area contributed by atoms with Crippen molar-refractivity contribution in [2.45, 2.75) is 18.8 Å². The Morgan fingerprint density at radius 1 is 1.30 bits per heavy atom. The second-order valence-corrected chi connectivity index (χ2v) is 5.16. The number of hydrogen-bond acceptors (Lipinski definition) is 6. The summed E-state index contributed by atoms with van der Waals surface area (Å²) in [5.74, 6) is 1.09. The van der Waals surface area contributed by atoms with E-state index in [1.165, 1.54) is 25.7 Å². The monoisotopic (exact) mass is 270 g/mol. The molecule has 2 aromatic rings. The summed E-state index contributed by atoms with van der Waals surface area (Å²) in [6.45, 7) is 2.24. The van der Waals surface area contributed by atoms with E-state index in [-0.39, 0.29) is 0 Å². The molecule has 2 aromatic heterocycles. The Hall–Kier alpha value is -2.08. The largest absolute Gasteiger partial charge is 0.322 e. The number of nitrogens with zero attached hydrogens (tertiary/aromatic N) is 5. The second kappa shape index (κ2) is 5.92. The minimum atomic E-state index is 0.490. The van der Waals surface area contributed by atoms with Gasteiger partial charge in [0.05, 0.1) is 23.8 Å². The number of piperidine rings is 1. The van der Waals surface area contributed by atoms with Crippen molar-refractivity contribution < 1.29 is 0 Å². The Bertz CT molecular complexity index is 559. The van der Waals surface area contributed by atoms with Gasteiger partial charge in [0.25, 0.3) is 0 Å². The van der Waals surface area contributed by atoms with E-state index < -0.39 is 0 Å². The van der Waals surface area contributed by atoms with Crippen LogP contribution in [0.25, 0.3) is 0 Å². The predicted octanol–water partition coefficient (Wildman–Crippen LogP) is 1.82. The SMILES string of the molecule is CN1CCC[C@@H](c2ccnc(Nc3cncnc3)n2)C1. The zero-order valence-corrected chi connectivity index (χ0v) is 11.5. The minimum Gasteiger partial charge on any atom is -0.322 e. The molecule has 0 saturated carbocycles. The second-order valence-electron chi connectivity index (χ2n) is 5.16. The molecule has 20 heavy (non-hydrogen) atoms. The lowest BCUT2D eigenvalue weighted by atomic mass is 9.95. The van der Waals surface area contributed by atoms with Gasteiger partial charge in [-0.05, 0) is 32.5 Å². The Labute approximate surface area is 118 Å². The van der Waals surface area contributed by atoms with E-state index in [9.17, 15) is 0 Å². The quantitative estimate of drug-likeness (QED) is 0.917. The zero-order valence-electron chi connectivity index (χ0n) is 11.5. The van der Waals surface area contributed by atoms with E-state index in [0.717, 1.165) is 17.9 Å². The molecule has 1 aliphatic heterocycles. The molecule has 104 valence electrons. The van der Waals surface area contributed by atoms with Crippen molar-refractivity contribution in [3.8, 4) is 0 Å². The van der Waals surface area contributed by atoms with E-state index in [2.05, 4.69) is 37.2 Å². The van der Waals surface area contributed by atoms with Crippen LogP contribution in [-0.4, -0.2) is 45.0 Å². The van der Waals surface area contributed by atoms with Gasteiger partial charge in [0.15, 0.2) is 0 Å². The van der Waals surface area contributed by atoms with Crippen LogP contribution in [0.4, 0.5) is 11.6 Å². The van der Waals surface area contributed by atoms with Crippen molar-refractivity contribution in [2.24, 2.45) is 0 Å². The highest BCUT2D eigenvalue weighted by atomic mass is 15.1. The van der Waals surface area contributed by atoms with Gasteiger partial charge >= 0.3 is 0 Å². The average Bonchev–Trinajstić information content (AvgIpc) is 2.49. The molecule has 0 unspecified atom stereocenters. The third-order valence-corrected chi connectivity index (χ3v) is 3.54. The Kier molecular flexibility index (Phi) is 3.83. The summed E-state index contributed by atoms with van der Waals surface area (Å²) in [5, 5.41) is 3.13. The number of likely N-dealkylation sites (tertiary alicyclic amines) is 1. The van der Waals surface area contributed by atoms with E-state index in [1.807, 2.05) is 12.3 Å². The first-order valence-corrected chi connectivity index (χ1v) is 6.85. The van der Waals surface area contributed by atoms with E-state index in [1.54, 1.807) is 12.4 Å². The van der Waals surface area contributed by atoms with Crippen molar-refractivity contribution in [2.75, 3.05) is 25.5 Å². The first-order chi connectivity index (χ1) is 9.81. The molecule has 1 N–H and O–H groups in total. The number of aromatic nitrogens is 4. The highest BCUT2D eigenvalue weighted by molar-refractivity contribution is 5.49. The lowest BCUT2D eigenvalue weighted by Crippen LogP contribution is -2.31. The van der Waals surface area contributed by atoms with Crippen LogP contribution in [0, 0.1) is 0 Å². The summed E-state index contributed by atoms with van der Waals surface area (Å²) >= 11 is 0. The predicted molar refractivity (Wildman–Crippen MR) is 76.8 cm³/mol. The molecule has 0 radical (unpaired) electrons. The smallest absolute Gasteiger partial charge is 0.227 e. The molecule has 1 saturated heterocycles. The average molecular weight is 270 g/mol. The normalized spacial score (nSPS) is 19.8. The van der Waals surface area contributed by atoms with E-state index in [0.29, 0.717) is 11.9 Å². The van der Waals surface area contributed by atoms with Gasteiger partial charge < -0.3 is 10.2 Å². The van der Waals surface area contributed by atoms with Gasteiger partial charge in [0.2, 0.25) is 5.95 Å². The number of nitrogens with one attached hydrogen (secondary N) is 1. The minimum absolute atomic E-state index is 0.490. The molecular weight excluding hydrogens is 252 g/mol. The molecule has 3 heterocycles. The van der Waals surface area contributed by atoms with Crippen molar-refractivity contribution in [3.05, 3.63) is 36.7 Å². The first-order valence-electron chi connectivity index (χ1n) is 6.85. The number of rotatable bonds is 3. The first kappa shape index (κ1) is 12.9. The van der Waals surface area contributed by atoms with Crippen LogP contribution in [0.5, 0.6) is 0 Å². The summed E-state index contributed by atoms with van der Waals surface area (Å²) in [5.41, 5.74) is 1.90. The van der Waals surface area contributed by atoms with Crippen LogP contribution in [-0.2, 0) is 0 Å². The van der Waals surface area contributed by atoms with E-state index in [4.69, 9.17) is 0 Å². The molecule has 0 amide bonds. The van der Waals surface area contributed by atoms with Crippen LogP contribution in [0.3, 0.4) is 0 Å². The van der Waals surface area contributed by atoms with Crippen LogP contribution in [0.2, 0.25) is 0 Å². The molecule has 6 heteroatoms. The van der Waals surface area contributed by atoms with Gasteiger partial charge in [-0.1, -0.05) is 0 Å². The number of hydrogen-bond donors (Lipinski definition) is 1. The molecule has 6 nitrogen and oxygen atoms in total. The van der Waals surface area contributed by atoms with Gasteiger partial charge in [0, 0.05) is 18.7 Å². The van der Waals surface area contributed by atoms with Gasteiger partial charge in [-0.25, -0.2) is 19.9 Å². The molecular formula is C14H18N6. The maximum atomic E-state index is 4.62. The maximum Gasteiger partial charge on any atom is 0.227 e. The van der Waals surface area contributed by atoms with E-state index >= 15 is 0 Å². The Balaban J connectivity index is 1.75. The van der Waals surface area contributed by atoms with Crippen molar-refractivity contribution >= 4 is 11.6 Å². The van der Waals surface area contributed by atoms with Crippen molar-refractivity contribution in [3.63, 3.8) is 0 Å². The summed E-state index contributed by atoms with van der Waals surface area (Å²) in [6.07, 6.45) is 9.13. The lowest BCUT2D eigenvalue weighted by Gasteiger charge is -2.29. The third kappa shape index (κ3) is 3.08. The molecule has 0 aromatic carbocycles. The van der Waals surface area contributed by atoms with Crippen molar-refractivity contribution in [1.29, 1.82) is 0 Å². The summed E-state index contributed by atoms with van der Waals surface area (Å²) in [7, 11) is 2.16. The number of likely N-dealkylation sites (N-methyl/N-ethyl adjacent to an activating group) is 1. The fourth-order valence-corrected chi connectivity index (χ4v) is 2.56. The Morgan fingerprint density at radius 3 is 2.95 bits per heavy atom. The summed E-state index contributed by atoms with van der Waals surface area (Å²) < 4.78 is 0. The highest BCUT2D eigenvalue weighted by Crippen LogP contribution is 2.25. The molecule has 1 fully saturated rings. The topological polar surface area (TPSA) is 66.8 Å². The van der Waals surface area contributed by atoms with Gasteiger partial charge in [-0.15, -0.1) is 0 Å². The number of anilines is 2. The van der Waals surface area contributed by atoms with Crippen LogP contribution >= 0.6 is 0 Å². The fraction of sp³-hybridized carbons (Fsp3) is 0.429. The van der Waals surface area contributed by atoms with Gasteiger partial charge in [-0.3, -0.25) is 0 Å². The highest BCUT2D eigenvalue weighted by Gasteiger charge is 2.20. The standard InChI is InChI=1S/C14H18N6/c1-20-6-2-3-11(9-20)13-4-5-17-14(19-13)18-12-7-15-10-16-8-12/h4-5,7-8,10-11H,2-3,6,9H2,1H3,(H,17,18,19)/t11-/m1/s1. The molecule has 1 aliphatic rings. The Morgan fingerprint density at radius 2 is 2.15 bits per heavy atom. The fourth-order valence-electron chi connectivity index (χ4n) is 2.56. The van der Waals surface area contributed by atoms with Gasteiger partial charge in [0.1, 0.15) is 6.33 Å². The zero-order chi connectivity index (χ0) is 13.8. The third-order valence-electron chi connectivity index (χ3n) is 3.54. The lowest BCUT2D eigenvalue weighted by molar-refractivity contribution is 0.248. The molecule has 1 atom stereocenters. The maximum absolute atomic E-state index is 4.62. The summed E-state index contributed by atoms with van der Waals surface area (Å²) in [6, 6.07) is 2.01. The molecule has 0 spiro atoms. The van der Waals surface area contributed by atoms with Crippen LogP contribution in [0.1, 0.15) is 24.5 Å². The van der Waals surface area contributed by atoms with Crippen molar-refractivity contribution in [1.82, 2.24) is 24.8 Å². The molecule has 3 rings (SSSR count). The van der Waals surface area contributed by atoms with Gasteiger partial charge in [-0.2, -0.15) is 0 Å². The molecule has 0 bridgehead atoms.